The van der Waals surface area contributed by atoms with Gasteiger partial charge >= 0.3 is 0 Å². The summed E-state index contributed by atoms with van der Waals surface area (Å²) in [5.74, 6) is 2.65. The van der Waals surface area contributed by atoms with Crippen LogP contribution in [0.4, 0.5) is 0 Å². The Kier molecular flexibility index (Phi) is 5.90. The lowest BCUT2D eigenvalue weighted by atomic mass is 9.68. The second kappa shape index (κ2) is 9.81. The Morgan fingerprint density at radius 1 is 0.370 bits per heavy atom. The molecular formula is C40H30O6. The largest absolute Gasteiger partial charge is 0.508 e. The molecule has 2 heterocycles. The number of phenolic OH excluding ortho intramolecular Hbond substituents is 4. The van der Waals surface area contributed by atoms with Gasteiger partial charge in [0.2, 0.25) is 0 Å². The lowest BCUT2D eigenvalue weighted by Gasteiger charge is -2.38. The predicted molar refractivity (Wildman–Crippen MR) is 176 cm³/mol. The molecule has 46 heavy (non-hydrogen) atoms. The highest BCUT2D eigenvalue weighted by Gasteiger charge is 2.41. The number of aromatic hydroxyl groups is 4. The Morgan fingerprint density at radius 3 is 0.891 bits per heavy atom. The van der Waals surface area contributed by atoms with Crippen LogP contribution in [0.5, 0.6) is 46.0 Å². The summed E-state index contributed by atoms with van der Waals surface area (Å²) in [5, 5.41) is 40.7. The van der Waals surface area contributed by atoms with Crippen LogP contribution >= 0.6 is 0 Å². The van der Waals surface area contributed by atoms with Gasteiger partial charge in [-0.3, -0.25) is 0 Å². The Balaban J connectivity index is 1.18. The summed E-state index contributed by atoms with van der Waals surface area (Å²) in [4.78, 5) is 0. The first-order chi connectivity index (χ1) is 22.1. The van der Waals surface area contributed by atoms with Crippen molar-refractivity contribution in [1.82, 2.24) is 0 Å². The Hall–Kier alpha value is -5.88. The zero-order valence-electron chi connectivity index (χ0n) is 25.2. The van der Waals surface area contributed by atoms with E-state index in [0.29, 0.717) is 23.0 Å². The highest BCUT2D eigenvalue weighted by molar-refractivity contribution is 5.70. The first-order valence-electron chi connectivity index (χ1n) is 15.1. The van der Waals surface area contributed by atoms with Crippen molar-refractivity contribution in [2.24, 2.45) is 0 Å². The maximum absolute atomic E-state index is 10.2. The molecule has 0 fully saturated rings. The van der Waals surface area contributed by atoms with Crippen LogP contribution in [0.25, 0.3) is 11.1 Å². The van der Waals surface area contributed by atoms with Crippen LogP contribution in [0.2, 0.25) is 0 Å². The molecule has 0 unspecified atom stereocenters. The summed E-state index contributed by atoms with van der Waals surface area (Å²) in [6, 6.07) is 37.6. The summed E-state index contributed by atoms with van der Waals surface area (Å²) in [5.41, 5.74) is 6.71. The van der Waals surface area contributed by atoms with Crippen LogP contribution in [-0.4, -0.2) is 20.4 Å². The number of fused-ring (bicyclic) bond motifs is 4. The molecule has 2 aliphatic rings. The van der Waals surface area contributed by atoms with Crippen LogP contribution in [0.15, 0.2) is 121 Å². The summed E-state index contributed by atoms with van der Waals surface area (Å²) >= 11 is 0. The lowest BCUT2D eigenvalue weighted by molar-refractivity contribution is 0.409. The molecule has 2 aliphatic heterocycles. The van der Waals surface area contributed by atoms with E-state index < -0.39 is 10.8 Å². The second-order valence-corrected chi connectivity index (χ2v) is 12.3. The van der Waals surface area contributed by atoms with Gasteiger partial charge < -0.3 is 29.9 Å². The average molecular weight is 607 g/mol. The van der Waals surface area contributed by atoms with E-state index in [1.54, 1.807) is 48.5 Å². The molecule has 4 N–H and O–H groups in total. The molecule has 0 aromatic heterocycles. The fourth-order valence-corrected chi connectivity index (χ4v) is 7.18. The van der Waals surface area contributed by atoms with Crippen molar-refractivity contribution < 1.29 is 29.9 Å². The molecule has 6 heteroatoms. The van der Waals surface area contributed by atoms with Gasteiger partial charge in [-0.1, -0.05) is 72.8 Å². The number of hydrogen-bond acceptors (Lipinski definition) is 6. The zero-order valence-corrected chi connectivity index (χ0v) is 25.2. The summed E-state index contributed by atoms with van der Waals surface area (Å²) in [6.45, 7) is 4.27. The van der Waals surface area contributed by atoms with Gasteiger partial charge in [0.05, 0.1) is 0 Å². The first-order valence-corrected chi connectivity index (χ1v) is 15.1. The van der Waals surface area contributed by atoms with Crippen molar-refractivity contribution in [2.75, 3.05) is 0 Å². The molecule has 0 saturated heterocycles. The molecule has 0 amide bonds. The second-order valence-electron chi connectivity index (χ2n) is 12.3. The van der Waals surface area contributed by atoms with Crippen LogP contribution in [0.3, 0.4) is 0 Å². The number of hydrogen-bond donors (Lipinski definition) is 4. The van der Waals surface area contributed by atoms with E-state index >= 15 is 0 Å². The van der Waals surface area contributed by atoms with E-state index in [4.69, 9.17) is 9.47 Å². The van der Waals surface area contributed by atoms with Crippen molar-refractivity contribution in [2.45, 2.75) is 24.7 Å². The van der Waals surface area contributed by atoms with Gasteiger partial charge in [0, 0.05) is 57.3 Å². The molecular weight excluding hydrogens is 576 g/mol. The van der Waals surface area contributed by atoms with Crippen LogP contribution in [0.1, 0.15) is 47.2 Å². The van der Waals surface area contributed by atoms with E-state index in [9.17, 15) is 20.4 Å². The van der Waals surface area contributed by atoms with Gasteiger partial charge in [-0.05, 0) is 60.4 Å². The molecule has 0 bridgehead atoms. The van der Waals surface area contributed by atoms with Crippen molar-refractivity contribution in [3.8, 4) is 57.1 Å². The number of benzene rings is 6. The highest BCUT2D eigenvalue weighted by atomic mass is 16.5. The number of ether oxygens (including phenoxy) is 2. The third kappa shape index (κ3) is 4.03. The maximum Gasteiger partial charge on any atom is 0.135 e. The molecule has 0 radical (unpaired) electrons. The number of phenols is 4. The highest BCUT2D eigenvalue weighted by Crippen LogP contribution is 2.54. The van der Waals surface area contributed by atoms with Gasteiger partial charge in [0.15, 0.2) is 0 Å². The Bertz CT molecular complexity index is 1910. The molecule has 6 nitrogen and oxygen atoms in total. The Labute approximate surface area is 266 Å². The van der Waals surface area contributed by atoms with E-state index in [1.165, 1.54) is 0 Å². The smallest absolute Gasteiger partial charge is 0.135 e. The zero-order chi connectivity index (χ0) is 31.8. The monoisotopic (exact) mass is 606 g/mol. The molecule has 0 atom stereocenters. The van der Waals surface area contributed by atoms with E-state index in [2.05, 4.69) is 62.4 Å². The summed E-state index contributed by atoms with van der Waals surface area (Å²) in [6.07, 6.45) is 0. The molecule has 6 aromatic carbocycles. The molecule has 6 aromatic rings. The standard InChI is InChI=1S/C40H30O6/c1-39(31-15-11-27(41)19-35(31)45-36-20-28(42)12-16-32(36)39)25-7-3-23(4-8-25)24-5-9-26(10-6-24)40(2)33-17-13-29(43)21-37(33)46-38-22-30(44)14-18-34(38)40/h3-22,41-44H,1-2H3. The normalized spacial score (nSPS) is 14.9. The van der Waals surface area contributed by atoms with Gasteiger partial charge in [-0.2, -0.15) is 0 Å². The van der Waals surface area contributed by atoms with Gasteiger partial charge in [-0.25, -0.2) is 0 Å². The van der Waals surface area contributed by atoms with Gasteiger partial charge in [0.25, 0.3) is 0 Å². The van der Waals surface area contributed by atoms with Gasteiger partial charge in [-0.15, -0.1) is 0 Å². The minimum atomic E-state index is -0.589. The molecule has 226 valence electrons. The minimum Gasteiger partial charge on any atom is -0.508 e. The van der Waals surface area contributed by atoms with E-state index in [-0.39, 0.29) is 23.0 Å². The molecule has 0 aliphatic carbocycles. The third-order valence-corrected chi connectivity index (χ3v) is 9.71. The third-order valence-electron chi connectivity index (χ3n) is 9.71. The van der Waals surface area contributed by atoms with Crippen LogP contribution < -0.4 is 9.47 Å². The minimum absolute atomic E-state index is 0.112. The van der Waals surface area contributed by atoms with Crippen LogP contribution in [0, 0.1) is 0 Å². The van der Waals surface area contributed by atoms with E-state index in [0.717, 1.165) is 44.5 Å². The van der Waals surface area contributed by atoms with Gasteiger partial charge in [0.1, 0.15) is 46.0 Å². The summed E-state index contributed by atoms with van der Waals surface area (Å²) in [7, 11) is 0. The number of rotatable bonds is 3. The fourth-order valence-electron chi connectivity index (χ4n) is 7.18. The SMILES string of the molecule is CC1(c2ccc(-c3ccc(C4(C)c5ccc(O)cc5Oc5cc(O)ccc54)cc3)cc2)c2ccc(O)cc2Oc2cc(O)ccc21. The van der Waals surface area contributed by atoms with Crippen molar-refractivity contribution >= 4 is 0 Å². The topological polar surface area (TPSA) is 99.4 Å². The molecule has 0 saturated carbocycles. The van der Waals surface area contributed by atoms with Crippen molar-refractivity contribution in [3.05, 3.63) is 155 Å². The summed E-state index contributed by atoms with van der Waals surface area (Å²) < 4.78 is 12.2. The average Bonchev–Trinajstić information content (AvgIpc) is 3.04. The predicted octanol–water partition coefficient (Wildman–Crippen LogP) is 9.10. The Morgan fingerprint density at radius 2 is 0.630 bits per heavy atom. The van der Waals surface area contributed by atoms with E-state index in [1.807, 2.05) is 24.3 Å². The fraction of sp³-hybridized carbons (Fsp3) is 0.100. The van der Waals surface area contributed by atoms with Crippen molar-refractivity contribution in [1.29, 1.82) is 0 Å². The molecule has 0 spiro atoms. The molecule has 8 rings (SSSR count). The lowest BCUT2D eigenvalue weighted by Crippen LogP contribution is -2.29. The van der Waals surface area contributed by atoms with Crippen molar-refractivity contribution in [3.63, 3.8) is 0 Å². The first kappa shape index (κ1) is 27.7. The quantitative estimate of drug-likeness (QED) is 0.160. The maximum atomic E-state index is 10.2. The van der Waals surface area contributed by atoms with Crippen LogP contribution in [-0.2, 0) is 10.8 Å².